The fourth-order valence-corrected chi connectivity index (χ4v) is 4.59. The second-order valence-electron chi connectivity index (χ2n) is 5.32. The number of benzene rings is 1. The van der Waals surface area contributed by atoms with Crippen molar-refractivity contribution in [3.05, 3.63) is 40.8 Å². The average Bonchev–Trinajstić information content (AvgIpc) is 3.03. The van der Waals surface area contributed by atoms with Crippen LogP contribution in [0.15, 0.2) is 33.9 Å². The zero-order chi connectivity index (χ0) is 17.0. The van der Waals surface area contributed by atoms with Crippen molar-refractivity contribution in [2.24, 2.45) is 0 Å². The number of sulfonamides is 1. The van der Waals surface area contributed by atoms with Crippen LogP contribution in [0.1, 0.15) is 24.5 Å². The number of anilines is 2. The van der Waals surface area contributed by atoms with E-state index in [1.807, 2.05) is 20.8 Å². The van der Waals surface area contributed by atoms with Crippen LogP contribution < -0.4 is 10.0 Å². The lowest BCUT2D eigenvalue weighted by molar-refractivity contribution is 0.144. The molecule has 0 amide bonds. The molecule has 1 aromatic heterocycles. The van der Waals surface area contributed by atoms with Gasteiger partial charge in [0.05, 0.1) is 11.4 Å². The van der Waals surface area contributed by atoms with Crippen LogP contribution in [0.3, 0.4) is 0 Å². The smallest absolute Gasteiger partial charge is 0.275 e. The summed E-state index contributed by atoms with van der Waals surface area (Å²) in [6, 6.07) is 6.89. The molecule has 5 nitrogen and oxygen atoms in total. The molecule has 2 N–H and O–H groups in total. The minimum absolute atomic E-state index is 0.0548. The van der Waals surface area contributed by atoms with Crippen molar-refractivity contribution >= 4 is 32.7 Å². The van der Waals surface area contributed by atoms with Gasteiger partial charge < -0.3 is 10.5 Å². The average molecular weight is 354 g/mol. The predicted molar refractivity (Wildman–Crippen MR) is 95.4 cm³/mol. The Bertz CT molecular complexity index is 756. The lowest BCUT2D eigenvalue weighted by atomic mass is 10.1. The summed E-state index contributed by atoms with van der Waals surface area (Å²) in [5.74, 6) is 0. The third-order valence-electron chi connectivity index (χ3n) is 3.51. The Morgan fingerprint density at radius 1 is 1.26 bits per heavy atom. The number of rotatable bonds is 7. The van der Waals surface area contributed by atoms with Crippen molar-refractivity contribution in [3.8, 4) is 0 Å². The Morgan fingerprint density at radius 2 is 1.96 bits per heavy atom. The molecule has 2 rings (SSSR count). The standard InChI is InChI=1S/C16H22N2O3S2/c1-4-7-21-11-18(23(19,20)16-6-5-8-22-16)15-10-13(3)12(2)9-14(15)17/h5-6,8-10H,4,7,11,17H2,1-3H3. The maximum atomic E-state index is 12.9. The van der Waals surface area contributed by atoms with E-state index in [1.54, 1.807) is 29.6 Å². The van der Waals surface area contributed by atoms with Crippen molar-refractivity contribution < 1.29 is 13.2 Å². The topological polar surface area (TPSA) is 72.6 Å². The Labute approximate surface area is 141 Å². The third-order valence-corrected chi connectivity index (χ3v) is 6.62. The molecule has 0 radical (unpaired) electrons. The first-order chi connectivity index (χ1) is 10.9. The summed E-state index contributed by atoms with van der Waals surface area (Å²) in [7, 11) is -3.70. The molecule has 0 bridgehead atoms. The van der Waals surface area contributed by atoms with Gasteiger partial charge in [-0.1, -0.05) is 13.0 Å². The van der Waals surface area contributed by atoms with E-state index in [0.29, 0.717) is 18.0 Å². The molecule has 0 aliphatic carbocycles. The highest BCUT2D eigenvalue weighted by Gasteiger charge is 2.27. The van der Waals surface area contributed by atoms with Gasteiger partial charge in [0, 0.05) is 6.61 Å². The predicted octanol–water partition coefficient (Wildman–Crippen LogP) is 3.53. The quantitative estimate of drug-likeness (QED) is 0.469. The number of aryl methyl sites for hydroxylation is 2. The summed E-state index contributed by atoms with van der Waals surface area (Å²) in [6.45, 7) is 6.28. The largest absolute Gasteiger partial charge is 0.397 e. The summed E-state index contributed by atoms with van der Waals surface area (Å²) in [4.78, 5) is 0. The number of nitrogens with zero attached hydrogens (tertiary/aromatic N) is 1. The number of nitrogen functional groups attached to an aromatic ring is 1. The highest BCUT2D eigenvalue weighted by atomic mass is 32.2. The van der Waals surface area contributed by atoms with Crippen LogP contribution in [-0.4, -0.2) is 21.8 Å². The van der Waals surface area contributed by atoms with Gasteiger partial charge in [-0.15, -0.1) is 11.3 Å². The highest BCUT2D eigenvalue weighted by Crippen LogP contribution is 2.32. The molecule has 2 aromatic rings. The van der Waals surface area contributed by atoms with Crippen LogP contribution in [0, 0.1) is 13.8 Å². The minimum atomic E-state index is -3.70. The second-order valence-corrected chi connectivity index (χ2v) is 8.36. The zero-order valence-electron chi connectivity index (χ0n) is 13.6. The van der Waals surface area contributed by atoms with Gasteiger partial charge in [0.15, 0.2) is 0 Å². The fourth-order valence-electron chi connectivity index (χ4n) is 2.12. The molecule has 1 aromatic carbocycles. The van der Waals surface area contributed by atoms with Crippen LogP contribution in [0.4, 0.5) is 11.4 Å². The molecular formula is C16H22N2O3S2. The first-order valence-electron chi connectivity index (χ1n) is 7.38. The van der Waals surface area contributed by atoms with Crippen LogP contribution in [-0.2, 0) is 14.8 Å². The molecule has 0 saturated carbocycles. The summed E-state index contributed by atoms with van der Waals surface area (Å²) in [5, 5.41) is 1.74. The molecule has 126 valence electrons. The molecule has 0 aliphatic rings. The van der Waals surface area contributed by atoms with Gasteiger partial charge >= 0.3 is 0 Å². The van der Waals surface area contributed by atoms with E-state index in [-0.39, 0.29) is 10.9 Å². The van der Waals surface area contributed by atoms with Gasteiger partial charge in [-0.05, 0) is 55.0 Å². The number of hydrogen-bond acceptors (Lipinski definition) is 5. The van der Waals surface area contributed by atoms with Gasteiger partial charge in [0.2, 0.25) is 0 Å². The van der Waals surface area contributed by atoms with E-state index < -0.39 is 10.0 Å². The molecule has 0 fully saturated rings. The van der Waals surface area contributed by atoms with Gasteiger partial charge in [0.25, 0.3) is 10.0 Å². The number of nitrogens with two attached hydrogens (primary N) is 1. The molecule has 7 heteroatoms. The van der Waals surface area contributed by atoms with Crippen molar-refractivity contribution in [2.45, 2.75) is 31.4 Å². The maximum Gasteiger partial charge on any atom is 0.275 e. The van der Waals surface area contributed by atoms with E-state index in [4.69, 9.17) is 10.5 Å². The Hall–Kier alpha value is -1.57. The molecule has 0 saturated heterocycles. The summed E-state index contributed by atoms with van der Waals surface area (Å²) in [5.41, 5.74) is 8.97. The minimum Gasteiger partial charge on any atom is -0.397 e. The van der Waals surface area contributed by atoms with Crippen molar-refractivity contribution in [3.63, 3.8) is 0 Å². The highest BCUT2D eigenvalue weighted by molar-refractivity contribution is 7.94. The van der Waals surface area contributed by atoms with E-state index in [0.717, 1.165) is 17.5 Å². The maximum absolute atomic E-state index is 12.9. The molecule has 0 spiro atoms. The number of hydrogen-bond donors (Lipinski definition) is 1. The molecule has 0 aliphatic heterocycles. The number of thiophene rings is 1. The van der Waals surface area contributed by atoms with E-state index in [2.05, 4.69) is 0 Å². The number of ether oxygens (including phenoxy) is 1. The first-order valence-corrected chi connectivity index (χ1v) is 9.70. The van der Waals surface area contributed by atoms with E-state index in [9.17, 15) is 8.42 Å². The Morgan fingerprint density at radius 3 is 2.57 bits per heavy atom. The Balaban J connectivity index is 2.49. The van der Waals surface area contributed by atoms with Gasteiger partial charge in [-0.3, -0.25) is 0 Å². The summed E-state index contributed by atoms with van der Waals surface area (Å²) in [6.07, 6.45) is 0.815. The SMILES string of the molecule is CCCOCN(c1cc(C)c(C)cc1N)S(=O)(=O)c1cccs1. The first kappa shape index (κ1) is 17.8. The third kappa shape index (κ3) is 3.85. The normalized spacial score (nSPS) is 11.6. The van der Waals surface area contributed by atoms with Gasteiger partial charge in [-0.2, -0.15) is 0 Å². The van der Waals surface area contributed by atoms with E-state index >= 15 is 0 Å². The lowest BCUT2D eigenvalue weighted by Gasteiger charge is -2.25. The van der Waals surface area contributed by atoms with Crippen molar-refractivity contribution in [2.75, 3.05) is 23.4 Å². The van der Waals surface area contributed by atoms with Gasteiger partial charge in [0.1, 0.15) is 10.9 Å². The summed E-state index contributed by atoms with van der Waals surface area (Å²) >= 11 is 1.18. The molecular weight excluding hydrogens is 332 g/mol. The van der Waals surface area contributed by atoms with Crippen molar-refractivity contribution in [1.29, 1.82) is 0 Å². The van der Waals surface area contributed by atoms with Crippen LogP contribution in [0.5, 0.6) is 0 Å². The van der Waals surface area contributed by atoms with Crippen molar-refractivity contribution in [1.82, 2.24) is 0 Å². The fraction of sp³-hybridized carbons (Fsp3) is 0.375. The van der Waals surface area contributed by atoms with Crippen LogP contribution >= 0.6 is 11.3 Å². The zero-order valence-corrected chi connectivity index (χ0v) is 15.2. The van der Waals surface area contributed by atoms with Gasteiger partial charge in [-0.25, -0.2) is 12.7 Å². The van der Waals surface area contributed by atoms with Crippen LogP contribution in [0.2, 0.25) is 0 Å². The van der Waals surface area contributed by atoms with Crippen LogP contribution in [0.25, 0.3) is 0 Å². The second kappa shape index (κ2) is 7.33. The monoisotopic (exact) mass is 354 g/mol. The molecule has 0 atom stereocenters. The molecule has 0 unspecified atom stereocenters. The Kier molecular flexibility index (Phi) is 5.67. The molecule has 23 heavy (non-hydrogen) atoms. The summed E-state index contributed by atoms with van der Waals surface area (Å²) < 4.78 is 32.9. The lowest BCUT2D eigenvalue weighted by Crippen LogP contribution is -2.33. The molecule has 1 heterocycles. The van der Waals surface area contributed by atoms with E-state index in [1.165, 1.54) is 15.6 Å².